The summed E-state index contributed by atoms with van der Waals surface area (Å²) in [6, 6.07) is 6.06. The molecule has 0 spiro atoms. The Balaban J connectivity index is 2.31. The number of ether oxygens (including phenoxy) is 1. The number of benzene rings is 1. The van der Waals surface area contributed by atoms with Gasteiger partial charge in [-0.1, -0.05) is 18.6 Å². The molecule has 0 saturated heterocycles. The molecular weight excluding hydrogens is 305 g/mol. The lowest BCUT2D eigenvalue weighted by Gasteiger charge is -2.38. The maximum Gasteiger partial charge on any atom is 0.214 e. The Morgan fingerprint density at radius 2 is 1.91 bits per heavy atom. The molecule has 0 unspecified atom stereocenters. The Bertz CT molecular complexity index is 600. The predicted molar refractivity (Wildman–Crippen MR) is 85.2 cm³/mol. The third-order valence-electron chi connectivity index (χ3n) is 4.33. The summed E-state index contributed by atoms with van der Waals surface area (Å²) in [4.78, 5) is 0. The summed E-state index contributed by atoms with van der Waals surface area (Å²) < 4.78 is 47.5. The van der Waals surface area contributed by atoms with Gasteiger partial charge in [0.1, 0.15) is 5.75 Å². The maximum atomic E-state index is 15.6. The number of alkyl halides is 1. The molecule has 6 heteroatoms. The van der Waals surface area contributed by atoms with Crippen molar-refractivity contribution in [3.8, 4) is 5.75 Å². The van der Waals surface area contributed by atoms with E-state index in [4.69, 9.17) is 4.74 Å². The third kappa shape index (κ3) is 3.43. The fourth-order valence-corrected chi connectivity index (χ4v) is 3.81. The van der Waals surface area contributed by atoms with Gasteiger partial charge in [0.15, 0.2) is 5.67 Å². The Labute approximate surface area is 132 Å². The molecule has 1 N–H and O–H groups in total. The van der Waals surface area contributed by atoms with E-state index in [1.807, 2.05) is 0 Å². The summed E-state index contributed by atoms with van der Waals surface area (Å²) in [5.74, 6) is 0.655. The minimum absolute atomic E-state index is 0.324. The number of sulfonamides is 1. The van der Waals surface area contributed by atoms with E-state index in [2.05, 4.69) is 4.72 Å². The lowest BCUT2D eigenvalue weighted by atomic mass is 9.77. The van der Waals surface area contributed by atoms with E-state index in [0.29, 0.717) is 24.2 Å². The van der Waals surface area contributed by atoms with Crippen molar-refractivity contribution in [1.29, 1.82) is 0 Å². The molecule has 1 aliphatic carbocycles. The molecule has 0 aliphatic heterocycles. The van der Waals surface area contributed by atoms with E-state index in [0.717, 1.165) is 12.8 Å². The average Bonchev–Trinajstić information content (AvgIpc) is 2.49. The molecule has 4 nitrogen and oxygen atoms in total. The molecule has 22 heavy (non-hydrogen) atoms. The zero-order valence-corrected chi connectivity index (χ0v) is 14.1. The first-order valence-corrected chi connectivity index (χ1v) is 9.19. The van der Waals surface area contributed by atoms with Crippen molar-refractivity contribution in [1.82, 2.24) is 4.72 Å². The predicted octanol–water partition coefficient (Wildman–Crippen LogP) is 3.13. The topological polar surface area (TPSA) is 55.4 Å². The van der Waals surface area contributed by atoms with Gasteiger partial charge in [-0.2, -0.15) is 0 Å². The quantitative estimate of drug-likeness (QED) is 0.903. The van der Waals surface area contributed by atoms with E-state index in [9.17, 15) is 8.42 Å². The number of hydrogen-bond acceptors (Lipinski definition) is 3. The number of methoxy groups -OCH3 is 1. The zero-order valence-electron chi connectivity index (χ0n) is 13.3. The van der Waals surface area contributed by atoms with Crippen LogP contribution in [0.4, 0.5) is 4.39 Å². The van der Waals surface area contributed by atoms with Crippen molar-refractivity contribution in [2.24, 2.45) is 0 Å². The van der Waals surface area contributed by atoms with E-state index < -0.39 is 27.0 Å². The van der Waals surface area contributed by atoms with Crippen molar-refractivity contribution in [2.75, 3.05) is 7.11 Å². The van der Waals surface area contributed by atoms with Crippen LogP contribution >= 0.6 is 0 Å². The van der Waals surface area contributed by atoms with Crippen LogP contribution in [0.2, 0.25) is 0 Å². The van der Waals surface area contributed by atoms with Crippen LogP contribution in [0.1, 0.15) is 45.1 Å². The van der Waals surface area contributed by atoms with Gasteiger partial charge in [-0.3, -0.25) is 0 Å². The molecule has 1 aromatic carbocycles. The first-order valence-electron chi connectivity index (χ1n) is 7.64. The van der Waals surface area contributed by atoms with Crippen molar-refractivity contribution in [3.05, 3.63) is 29.8 Å². The van der Waals surface area contributed by atoms with Crippen LogP contribution in [-0.4, -0.2) is 26.8 Å². The van der Waals surface area contributed by atoms with Crippen LogP contribution in [0.15, 0.2) is 24.3 Å². The first kappa shape index (κ1) is 17.2. The van der Waals surface area contributed by atoms with Gasteiger partial charge >= 0.3 is 0 Å². The van der Waals surface area contributed by atoms with E-state index in [1.165, 1.54) is 0 Å². The smallest absolute Gasteiger partial charge is 0.214 e. The molecular formula is C16H24FNO3S. The Hall–Kier alpha value is -1.14. The fraction of sp³-hybridized carbons (Fsp3) is 0.625. The van der Waals surface area contributed by atoms with Gasteiger partial charge in [0.2, 0.25) is 10.0 Å². The number of halogens is 1. The normalized spacial score (nSPS) is 26.1. The lowest BCUT2D eigenvalue weighted by molar-refractivity contribution is 0.0712. The number of hydrogen-bond donors (Lipinski definition) is 1. The zero-order chi connectivity index (χ0) is 16.4. The van der Waals surface area contributed by atoms with Gasteiger partial charge in [0.05, 0.1) is 18.4 Å². The highest BCUT2D eigenvalue weighted by Crippen LogP contribution is 2.41. The van der Waals surface area contributed by atoms with Crippen LogP contribution in [0, 0.1) is 0 Å². The highest BCUT2D eigenvalue weighted by atomic mass is 32.2. The molecule has 1 saturated carbocycles. The highest BCUT2D eigenvalue weighted by molar-refractivity contribution is 7.90. The summed E-state index contributed by atoms with van der Waals surface area (Å²) >= 11 is 0. The molecule has 0 radical (unpaired) electrons. The van der Waals surface area contributed by atoms with E-state index >= 15 is 4.39 Å². The van der Waals surface area contributed by atoms with Gasteiger partial charge in [-0.25, -0.2) is 17.5 Å². The van der Waals surface area contributed by atoms with Crippen LogP contribution in [0.25, 0.3) is 0 Å². The van der Waals surface area contributed by atoms with Crippen LogP contribution in [-0.2, 0) is 15.7 Å². The van der Waals surface area contributed by atoms with Gasteiger partial charge in [-0.05, 0) is 50.8 Å². The van der Waals surface area contributed by atoms with Gasteiger partial charge < -0.3 is 4.74 Å². The van der Waals surface area contributed by atoms with Crippen LogP contribution in [0.3, 0.4) is 0 Å². The van der Waals surface area contributed by atoms with Crippen molar-refractivity contribution >= 4 is 10.0 Å². The lowest BCUT2D eigenvalue weighted by Crippen LogP contribution is -2.51. The molecule has 0 bridgehead atoms. The number of rotatable bonds is 5. The van der Waals surface area contributed by atoms with Crippen LogP contribution < -0.4 is 9.46 Å². The SMILES string of the molecule is COc1ccc([C@@]2(F)CCCC[C@@H]2NS(=O)(=O)C(C)C)cc1. The first-order chi connectivity index (χ1) is 10.3. The van der Waals surface area contributed by atoms with Crippen molar-refractivity contribution in [3.63, 3.8) is 0 Å². The minimum atomic E-state index is -3.50. The van der Waals surface area contributed by atoms with E-state index in [1.54, 1.807) is 45.2 Å². The second kappa shape index (κ2) is 6.54. The van der Waals surface area contributed by atoms with Crippen LogP contribution in [0.5, 0.6) is 5.75 Å². The summed E-state index contributed by atoms with van der Waals surface area (Å²) in [7, 11) is -1.95. The average molecular weight is 329 g/mol. The second-order valence-electron chi connectivity index (χ2n) is 6.10. The number of nitrogens with one attached hydrogen (secondary N) is 1. The molecule has 1 fully saturated rings. The Morgan fingerprint density at radius 1 is 1.27 bits per heavy atom. The summed E-state index contributed by atoms with van der Waals surface area (Å²) in [5, 5.41) is -0.574. The molecule has 0 amide bonds. The molecule has 124 valence electrons. The van der Waals surface area contributed by atoms with Crippen molar-refractivity contribution < 1.29 is 17.5 Å². The molecule has 0 heterocycles. The van der Waals surface area contributed by atoms with Gasteiger partial charge in [-0.15, -0.1) is 0 Å². The maximum absolute atomic E-state index is 15.6. The van der Waals surface area contributed by atoms with E-state index in [-0.39, 0.29) is 0 Å². The third-order valence-corrected chi connectivity index (χ3v) is 6.19. The second-order valence-corrected chi connectivity index (χ2v) is 8.37. The fourth-order valence-electron chi connectivity index (χ4n) is 2.83. The molecule has 0 aromatic heterocycles. The van der Waals surface area contributed by atoms with Crippen molar-refractivity contribution in [2.45, 2.75) is 56.5 Å². The molecule has 2 rings (SSSR count). The van der Waals surface area contributed by atoms with Gasteiger partial charge in [0.25, 0.3) is 0 Å². The summed E-state index contributed by atoms with van der Waals surface area (Å²) in [6.45, 7) is 3.19. The molecule has 1 aliphatic rings. The standard InChI is InChI=1S/C16H24FNO3S/c1-12(2)22(19,20)18-15-6-4-5-11-16(15,17)13-7-9-14(21-3)10-8-13/h7-10,12,15,18H,4-6,11H2,1-3H3/t15-,16-/m0/s1. The van der Waals surface area contributed by atoms with Gasteiger partial charge in [0, 0.05) is 0 Å². The molecule has 2 atom stereocenters. The largest absolute Gasteiger partial charge is 0.497 e. The Morgan fingerprint density at radius 3 is 2.45 bits per heavy atom. The highest BCUT2D eigenvalue weighted by Gasteiger charge is 2.44. The minimum Gasteiger partial charge on any atom is -0.497 e. The summed E-state index contributed by atoms with van der Waals surface area (Å²) in [5.41, 5.74) is -1.17. The monoisotopic (exact) mass is 329 g/mol. The Kier molecular flexibility index (Phi) is 5.12. The summed E-state index contributed by atoms with van der Waals surface area (Å²) in [6.07, 6.45) is 2.41. The molecule has 1 aromatic rings.